The summed E-state index contributed by atoms with van der Waals surface area (Å²) in [6, 6.07) is 19.0. The third kappa shape index (κ3) is 8.47. The highest BCUT2D eigenvalue weighted by Gasteiger charge is 2.20. The molecule has 0 radical (unpaired) electrons. The topological polar surface area (TPSA) is 101 Å². The van der Waals surface area contributed by atoms with Gasteiger partial charge < -0.3 is 15.3 Å². The number of carbonyl (C=O) groups is 2. The van der Waals surface area contributed by atoms with Gasteiger partial charge in [0, 0.05) is 63.6 Å². The summed E-state index contributed by atoms with van der Waals surface area (Å²) in [7, 11) is 0. The molecule has 226 valence electrons. The second kappa shape index (κ2) is 14.9. The minimum absolute atomic E-state index is 0.170. The maximum absolute atomic E-state index is 13.5. The van der Waals surface area contributed by atoms with E-state index in [-0.39, 0.29) is 18.3 Å². The zero-order valence-corrected chi connectivity index (χ0v) is 24.3. The van der Waals surface area contributed by atoms with Crippen LogP contribution in [0.1, 0.15) is 51.1 Å². The van der Waals surface area contributed by atoms with Crippen LogP contribution in [0.25, 0.3) is 0 Å². The number of hydrazone groups is 1. The Kier molecular flexibility index (Phi) is 10.5. The van der Waals surface area contributed by atoms with Crippen molar-refractivity contribution in [3.63, 3.8) is 0 Å². The van der Waals surface area contributed by atoms with Crippen LogP contribution < -0.4 is 15.6 Å². The highest BCUT2D eigenvalue weighted by Crippen LogP contribution is 2.27. The second-order valence-electron chi connectivity index (χ2n) is 11.0. The molecule has 2 aliphatic rings. The molecule has 9 nitrogen and oxygen atoms in total. The van der Waals surface area contributed by atoms with Gasteiger partial charge in [0.25, 0.3) is 11.8 Å². The van der Waals surface area contributed by atoms with Crippen molar-refractivity contribution in [2.24, 2.45) is 5.10 Å². The highest BCUT2D eigenvalue weighted by molar-refractivity contribution is 6.09. The molecular formula is C33H39FN6O3. The Bertz CT molecular complexity index is 1430. The molecule has 2 aliphatic heterocycles. The van der Waals surface area contributed by atoms with Crippen molar-refractivity contribution in [1.82, 2.24) is 15.2 Å². The third-order valence-electron chi connectivity index (χ3n) is 7.92. The van der Waals surface area contributed by atoms with E-state index in [1.807, 2.05) is 24.3 Å². The maximum Gasteiger partial charge on any atom is 0.273 e. The van der Waals surface area contributed by atoms with Crippen molar-refractivity contribution >= 4 is 29.4 Å². The number of aliphatic hydroxyl groups is 1. The summed E-state index contributed by atoms with van der Waals surface area (Å²) in [6.45, 7) is 7.04. The fourth-order valence-corrected chi connectivity index (χ4v) is 5.57. The Hall–Kier alpha value is -4.12. The van der Waals surface area contributed by atoms with Crippen LogP contribution in [0.4, 0.5) is 15.8 Å². The number of piperidine rings is 1. The van der Waals surface area contributed by atoms with Gasteiger partial charge in [-0.05, 0) is 72.9 Å². The van der Waals surface area contributed by atoms with E-state index in [2.05, 4.69) is 30.5 Å². The summed E-state index contributed by atoms with van der Waals surface area (Å²) in [5, 5.41) is 16.1. The summed E-state index contributed by atoms with van der Waals surface area (Å²) in [4.78, 5) is 33.6. The molecule has 2 saturated heterocycles. The van der Waals surface area contributed by atoms with Crippen molar-refractivity contribution in [2.75, 3.05) is 62.6 Å². The number of anilines is 2. The van der Waals surface area contributed by atoms with Crippen molar-refractivity contribution in [3.05, 3.63) is 94.8 Å². The Morgan fingerprint density at radius 1 is 0.860 bits per heavy atom. The largest absolute Gasteiger partial charge is 0.395 e. The number of carbonyl (C=O) groups excluding carboxylic acids is 2. The number of rotatable bonds is 10. The Balaban J connectivity index is 1.30. The van der Waals surface area contributed by atoms with E-state index < -0.39 is 5.91 Å². The lowest BCUT2D eigenvalue weighted by Crippen LogP contribution is -2.46. The molecule has 0 saturated carbocycles. The van der Waals surface area contributed by atoms with Crippen LogP contribution in [0.5, 0.6) is 0 Å². The zero-order chi connectivity index (χ0) is 30.0. The van der Waals surface area contributed by atoms with Crippen LogP contribution in [0.2, 0.25) is 0 Å². The number of halogens is 1. The van der Waals surface area contributed by atoms with Crippen LogP contribution >= 0.6 is 0 Å². The van der Waals surface area contributed by atoms with E-state index in [0.29, 0.717) is 28.9 Å². The summed E-state index contributed by atoms with van der Waals surface area (Å²) in [5.41, 5.74) is 6.18. The average molecular weight is 587 g/mol. The van der Waals surface area contributed by atoms with Gasteiger partial charge in [-0.3, -0.25) is 19.4 Å². The van der Waals surface area contributed by atoms with Crippen LogP contribution in [-0.4, -0.2) is 85.4 Å². The number of piperazine rings is 1. The number of hydrogen-bond donors (Lipinski definition) is 3. The second-order valence-corrected chi connectivity index (χ2v) is 11.0. The van der Waals surface area contributed by atoms with Crippen molar-refractivity contribution in [1.29, 1.82) is 0 Å². The molecular weight excluding hydrogens is 547 g/mol. The first-order chi connectivity index (χ1) is 21.0. The standard InChI is InChI=1S/C33H39FN6O3/c34-28-9-5-6-25(21-28)23-35-37-33(43)30-22-29(40-12-2-1-3-13-40)10-11-31(30)36-32(42)27-8-4-7-26(20-27)24-39-16-14-38(15-17-39)18-19-41/h4-11,20-23,41H,1-3,12-19,24H2,(H,36,42)(H,37,43). The summed E-state index contributed by atoms with van der Waals surface area (Å²) in [6.07, 6.45) is 4.75. The first kappa shape index (κ1) is 30.3. The smallest absolute Gasteiger partial charge is 0.273 e. The van der Waals surface area contributed by atoms with Gasteiger partial charge in [0.1, 0.15) is 5.82 Å². The van der Waals surface area contributed by atoms with Crippen molar-refractivity contribution in [2.45, 2.75) is 25.8 Å². The Labute approximate surface area is 252 Å². The fraction of sp³-hybridized carbons (Fsp3) is 0.364. The van der Waals surface area contributed by atoms with Gasteiger partial charge in [-0.15, -0.1) is 0 Å². The maximum atomic E-state index is 13.5. The van der Waals surface area contributed by atoms with E-state index in [0.717, 1.165) is 69.9 Å². The number of nitrogens with one attached hydrogen (secondary N) is 2. The fourth-order valence-electron chi connectivity index (χ4n) is 5.57. The lowest BCUT2D eigenvalue weighted by atomic mass is 10.1. The predicted molar refractivity (Wildman–Crippen MR) is 167 cm³/mol. The Morgan fingerprint density at radius 3 is 2.40 bits per heavy atom. The molecule has 0 aromatic heterocycles. The van der Waals surface area contributed by atoms with E-state index in [9.17, 15) is 19.1 Å². The minimum Gasteiger partial charge on any atom is -0.395 e. The summed E-state index contributed by atoms with van der Waals surface area (Å²) in [5.74, 6) is -1.17. The van der Waals surface area contributed by atoms with Gasteiger partial charge in [0.15, 0.2) is 0 Å². The molecule has 0 atom stereocenters. The van der Waals surface area contributed by atoms with Gasteiger partial charge in [-0.1, -0.05) is 24.3 Å². The molecule has 2 heterocycles. The van der Waals surface area contributed by atoms with E-state index in [4.69, 9.17) is 0 Å². The van der Waals surface area contributed by atoms with Crippen LogP contribution in [0.3, 0.4) is 0 Å². The SMILES string of the molecule is O=C(Nc1ccc(N2CCCCC2)cc1C(=O)NN=Cc1cccc(F)c1)c1cccc(CN2CCN(CCO)CC2)c1. The lowest BCUT2D eigenvalue weighted by molar-refractivity contribution is 0.0956. The number of hydrogen-bond acceptors (Lipinski definition) is 7. The number of aliphatic hydroxyl groups excluding tert-OH is 1. The normalized spacial score (nSPS) is 16.4. The van der Waals surface area contributed by atoms with E-state index >= 15 is 0 Å². The van der Waals surface area contributed by atoms with Gasteiger partial charge in [0.2, 0.25) is 0 Å². The van der Waals surface area contributed by atoms with E-state index in [1.165, 1.54) is 24.8 Å². The predicted octanol–water partition coefficient (Wildman–Crippen LogP) is 3.94. The van der Waals surface area contributed by atoms with Gasteiger partial charge in [-0.2, -0.15) is 5.10 Å². The quantitative estimate of drug-likeness (QED) is 0.246. The number of amides is 2. The molecule has 2 amide bonds. The van der Waals surface area contributed by atoms with E-state index in [1.54, 1.807) is 30.3 Å². The molecule has 0 aliphatic carbocycles. The molecule has 3 aromatic carbocycles. The van der Waals surface area contributed by atoms with Crippen LogP contribution in [0, 0.1) is 5.82 Å². The molecule has 3 aromatic rings. The number of benzene rings is 3. The summed E-state index contributed by atoms with van der Waals surface area (Å²) < 4.78 is 13.5. The van der Waals surface area contributed by atoms with Gasteiger partial charge >= 0.3 is 0 Å². The molecule has 0 unspecified atom stereocenters. The highest BCUT2D eigenvalue weighted by atomic mass is 19.1. The van der Waals surface area contributed by atoms with Crippen molar-refractivity contribution < 1.29 is 19.1 Å². The molecule has 0 spiro atoms. The lowest BCUT2D eigenvalue weighted by Gasteiger charge is -2.34. The molecule has 3 N–H and O–H groups in total. The zero-order valence-electron chi connectivity index (χ0n) is 24.3. The number of β-amino-alcohol motifs (C(OH)–C–C–N with tert-alkyl or cyclic N) is 1. The van der Waals surface area contributed by atoms with Crippen LogP contribution in [0.15, 0.2) is 71.8 Å². The molecule has 5 rings (SSSR count). The first-order valence-corrected chi connectivity index (χ1v) is 14.9. The average Bonchev–Trinajstić information content (AvgIpc) is 3.03. The molecule has 2 fully saturated rings. The summed E-state index contributed by atoms with van der Waals surface area (Å²) >= 11 is 0. The van der Waals surface area contributed by atoms with Crippen molar-refractivity contribution in [3.8, 4) is 0 Å². The Morgan fingerprint density at radius 2 is 1.63 bits per heavy atom. The monoisotopic (exact) mass is 586 g/mol. The van der Waals surface area contributed by atoms with Gasteiger partial charge in [-0.25, -0.2) is 9.82 Å². The molecule has 43 heavy (non-hydrogen) atoms. The molecule has 0 bridgehead atoms. The molecule has 10 heteroatoms. The third-order valence-corrected chi connectivity index (χ3v) is 7.92. The first-order valence-electron chi connectivity index (χ1n) is 14.9. The minimum atomic E-state index is -0.476. The van der Waals surface area contributed by atoms with Crippen LogP contribution in [-0.2, 0) is 6.54 Å². The number of nitrogens with zero attached hydrogens (tertiary/aromatic N) is 4. The van der Waals surface area contributed by atoms with Gasteiger partial charge in [0.05, 0.1) is 24.1 Å².